The van der Waals surface area contributed by atoms with Crippen LogP contribution in [0.1, 0.15) is 50.4 Å². The van der Waals surface area contributed by atoms with E-state index in [0.717, 1.165) is 66.6 Å². The number of fused-ring (bicyclic) bond motifs is 1. The van der Waals surface area contributed by atoms with Gasteiger partial charge in [-0.3, -0.25) is 0 Å². The molecule has 10 heteroatoms. The van der Waals surface area contributed by atoms with Gasteiger partial charge in [0.2, 0.25) is 5.95 Å². The smallest absolute Gasteiger partial charge is 0.319 e. The SMILES string of the molecule is Cc1cnc(N2CCc3c(nc(-c4ccc(NC(=O)NCCCC(C)C)cc4)nc3N3CCOCC3C)C2)nc1. The van der Waals surface area contributed by atoms with Gasteiger partial charge in [-0.05, 0) is 68.9 Å². The van der Waals surface area contributed by atoms with Crippen molar-refractivity contribution in [2.75, 3.05) is 48.0 Å². The molecule has 2 aromatic heterocycles. The molecule has 1 aromatic carbocycles. The summed E-state index contributed by atoms with van der Waals surface area (Å²) in [5.41, 5.74) is 4.85. The van der Waals surface area contributed by atoms with E-state index in [-0.39, 0.29) is 12.1 Å². The molecule has 10 nitrogen and oxygen atoms in total. The van der Waals surface area contributed by atoms with Crippen LogP contribution in [-0.4, -0.2) is 64.9 Å². The number of benzene rings is 1. The Morgan fingerprint density at radius 1 is 1.12 bits per heavy atom. The normalized spacial score (nSPS) is 17.1. The molecule has 0 radical (unpaired) electrons. The van der Waals surface area contributed by atoms with Gasteiger partial charge in [0.25, 0.3) is 0 Å². The van der Waals surface area contributed by atoms with Crippen molar-refractivity contribution in [3.63, 3.8) is 0 Å². The third-order valence-electron chi connectivity index (χ3n) is 7.38. The minimum absolute atomic E-state index is 0.191. The van der Waals surface area contributed by atoms with E-state index in [0.29, 0.717) is 38.0 Å². The summed E-state index contributed by atoms with van der Waals surface area (Å²) in [5, 5.41) is 5.85. The molecule has 2 N–H and O–H groups in total. The van der Waals surface area contributed by atoms with Crippen molar-refractivity contribution < 1.29 is 9.53 Å². The van der Waals surface area contributed by atoms with Gasteiger partial charge >= 0.3 is 6.03 Å². The number of rotatable bonds is 8. The maximum atomic E-state index is 12.3. The average Bonchev–Trinajstić information content (AvgIpc) is 2.95. The Labute approximate surface area is 236 Å². The number of nitrogens with one attached hydrogen (secondary N) is 2. The highest BCUT2D eigenvalue weighted by Gasteiger charge is 2.29. The number of hydrogen-bond acceptors (Lipinski definition) is 8. The van der Waals surface area contributed by atoms with Crippen molar-refractivity contribution in [1.82, 2.24) is 25.3 Å². The predicted octanol–water partition coefficient (Wildman–Crippen LogP) is 4.59. The Hall–Kier alpha value is -3.79. The summed E-state index contributed by atoms with van der Waals surface area (Å²) in [5.74, 6) is 3.01. The van der Waals surface area contributed by atoms with Crippen molar-refractivity contribution in [3.8, 4) is 11.4 Å². The lowest BCUT2D eigenvalue weighted by Crippen LogP contribution is -2.45. The molecule has 5 rings (SSSR count). The van der Waals surface area contributed by atoms with E-state index in [1.54, 1.807) is 0 Å². The molecule has 212 valence electrons. The number of aryl methyl sites for hydroxylation is 1. The molecule has 3 aromatic rings. The number of urea groups is 1. The van der Waals surface area contributed by atoms with Gasteiger partial charge in [0.1, 0.15) is 5.82 Å². The second-order valence-corrected chi connectivity index (χ2v) is 11.1. The maximum Gasteiger partial charge on any atom is 0.319 e. The largest absolute Gasteiger partial charge is 0.377 e. The number of aromatic nitrogens is 4. The minimum Gasteiger partial charge on any atom is -0.377 e. The van der Waals surface area contributed by atoms with Crippen LogP contribution in [0.3, 0.4) is 0 Å². The molecule has 2 aliphatic heterocycles. The van der Waals surface area contributed by atoms with Crippen molar-refractivity contribution in [1.29, 1.82) is 0 Å². The fourth-order valence-corrected chi connectivity index (χ4v) is 5.13. The van der Waals surface area contributed by atoms with Gasteiger partial charge in [0.05, 0.1) is 31.5 Å². The molecule has 1 unspecified atom stereocenters. The molecule has 0 aliphatic carbocycles. The van der Waals surface area contributed by atoms with Crippen LogP contribution in [0.15, 0.2) is 36.7 Å². The molecule has 1 saturated heterocycles. The highest BCUT2D eigenvalue weighted by atomic mass is 16.5. The molecule has 0 bridgehead atoms. The van der Waals surface area contributed by atoms with Crippen LogP contribution in [-0.2, 0) is 17.7 Å². The van der Waals surface area contributed by atoms with E-state index in [4.69, 9.17) is 14.7 Å². The van der Waals surface area contributed by atoms with Gasteiger partial charge in [0.15, 0.2) is 5.82 Å². The lowest BCUT2D eigenvalue weighted by Gasteiger charge is -2.37. The summed E-state index contributed by atoms with van der Waals surface area (Å²) in [6, 6.07) is 7.76. The zero-order chi connectivity index (χ0) is 28.1. The Morgan fingerprint density at radius 2 is 1.90 bits per heavy atom. The van der Waals surface area contributed by atoms with Gasteiger partial charge in [-0.1, -0.05) is 13.8 Å². The summed E-state index contributed by atoms with van der Waals surface area (Å²) < 4.78 is 5.71. The van der Waals surface area contributed by atoms with Crippen LogP contribution < -0.4 is 20.4 Å². The zero-order valence-electron chi connectivity index (χ0n) is 24.0. The number of carbonyl (C=O) groups is 1. The third-order valence-corrected chi connectivity index (χ3v) is 7.38. The number of morpholine rings is 1. The third kappa shape index (κ3) is 6.67. The van der Waals surface area contributed by atoms with Gasteiger partial charge in [-0.2, -0.15) is 0 Å². The second-order valence-electron chi connectivity index (χ2n) is 11.1. The van der Waals surface area contributed by atoms with Gasteiger partial charge in [-0.15, -0.1) is 0 Å². The minimum atomic E-state index is -0.191. The van der Waals surface area contributed by atoms with E-state index < -0.39 is 0 Å². The van der Waals surface area contributed by atoms with Crippen LogP contribution in [0.4, 0.5) is 22.2 Å². The Bertz CT molecular complexity index is 1300. The van der Waals surface area contributed by atoms with Crippen molar-refractivity contribution >= 4 is 23.5 Å². The fourth-order valence-electron chi connectivity index (χ4n) is 5.13. The van der Waals surface area contributed by atoms with Crippen LogP contribution in [0, 0.1) is 12.8 Å². The molecule has 2 amide bonds. The number of amides is 2. The number of nitrogens with zero attached hydrogens (tertiary/aromatic N) is 6. The first-order chi connectivity index (χ1) is 19.4. The highest BCUT2D eigenvalue weighted by Crippen LogP contribution is 2.32. The molecule has 0 spiro atoms. The molecule has 2 aliphatic rings. The number of hydrogen-bond donors (Lipinski definition) is 2. The lowest BCUT2D eigenvalue weighted by atomic mass is 10.0. The van der Waals surface area contributed by atoms with Crippen molar-refractivity contribution in [2.24, 2.45) is 5.92 Å². The summed E-state index contributed by atoms with van der Waals surface area (Å²) in [4.78, 5) is 36.1. The first-order valence-corrected chi connectivity index (χ1v) is 14.3. The number of ether oxygens (including phenoxy) is 1. The van der Waals surface area contributed by atoms with Crippen molar-refractivity contribution in [3.05, 3.63) is 53.5 Å². The predicted molar refractivity (Wildman–Crippen MR) is 158 cm³/mol. The Balaban J connectivity index is 1.37. The average molecular weight is 545 g/mol. The molecule has 1 fully saturated rings. The summed E-state index contributed by atoms with van der Waals surface area (Å²) in [7, 11) is 0. The first-order valence-electron chi connectivity index (χ1n) is 14.3. The molecule has 40 heavy (non-hydrogen) atoms. The van der Waals surface area contributed by atoms with Crippen molar-refractivity contribution in [2.45, 2.75) is 59.5 Å². The molecular formula is C30H40N8O2. The Morgan fingerprint density at radius 3 is 2.62 bits per heavy atom. The van der Waals surface area contributed by atoms with Crippen LogP contribution >= 0.6 is 0 Å². The van der Waals surface area contributed by atoms with Crippen LogP contribution in [0.25, 0.3) is 11.4 Å². The number of carbonyl (C=O) groups excluding carboxylic acids is 1. The summed E-state index contributed by atoms with van der Waals surface area (Å²) in [6.45, 7) is 12.8. The Kier molecular flexibility index (Phi) is 8.74. The standard InChI is InChI=1S/C30H40N8O2/c1-20(2)6-5-12-31-30(39)34-24-9-7-23(8-10-24)27-35-26-18-37(29-32-16-21(3)17-33-29)13-11-25(26)28(36-27)38-14-15-40-19-22(38)4/h7-10,16-17,20,22H,5-6,11-15,18-19H2,1-4H3,(H2,31,34,39). The summed E-state index contributed by atoms with van der Waals surface area (Å²) >= 11 is 0. The molecule has 4 heterocycles. The van der Waals surface area contributed by atoms with E-state index in [1.807, 2.05) is 43.6 Å². The maximum absolute atomic E-state index is 12.3. The lowest BCUT2D eigenvalue weighted by molar-refractivity contribution is 0.0984. The molecule has 1 atom stereocenters. The van der Waals surface area contributed by atoms with Gasteiger partial charge in [0, 0.05) is 48.8 Å². The first kappa shape index (κ1) is 27.8. The van der Waals surface area contributed by atoms with Gasteiger partial charge in [-0.25, -0.2) is 24.7 Å². The fraction of sp³-hybridized carbons (Fsp3) is 0.500. The second kappa shape index (κ2) is 12.6. The monoisotopic (exact) mass is 544 g/mol. The number of anilines is 3. The quantitative estimate of drug-likeness (QED) is 0.397. The summed E-state index contributed by atoms with van der Waals surface area (Å²) in [6.07, 6.45) is 6.59. The molecule has 0 saturated carbocycles. The zero-order valence-corrected chi connectivity index (χ0v) is 24.0. The molecular weight excluding hydrogens is 504 g/mol. The van der Waals surface area contributed by atoms with E-state index in [1.165, 1.54) is 5.56 Å². The van der Waals surface area contributed by atoms with E-state index >= 15 is 0 Å². The van der Waals surface area contributed by atoms with Gasteiger partial charge < -0.3 is 25.2 Å². The van der Waals surface area contributed by atoms with E-state index in [9.17, 15) is 4.79 Å². The topological polar surface area (TPSA) is 108 Å². The van der Waals surface area contributed by atoms with Crippen LogP contribution in [0.5, 0.6) is 0 Å². The van der Waals surface area contributed by atoms with E-state index in [2.05, 4.69) is 51.2 Å². The highest BCUT2D eigenvalue weighted by molar-refractivity contribution is 5.89. The van der Waals surface area contributed by atoms with Crippen LogP contribution in [0.2, 0.25) is 0 Å².